The Balaban J connectivity index is 1.95. The van der Waals surface area contributed by atoms with Crippen LogP contribution in [-0.4, -0.2) is 35.8 Å². The highest BCUT2D eigenvalue weighted by Crippen LogP contribution is 2.29. The van der Waals surface area contributed by atoms with Gasteiger partial charge in [-0.05, 0) is 23.3 Å². The molecular formula is C17H21NO2. The van der Waals surface area contributed by atoms with Gasteiger partial charge in [0.25, 0.3) is 0 Å². The predicted molar refractivity (Wildman–Crippen MR) is 80.9 cm³/mol. The van der Waals surface area contributed by atoms with Crippen LogP contribution in [0.3, 0.4) is 0 Å². The van der Waals surface area contributed by atoms with Gasteiger partial charge in [0.2, 0.25) is 0 Å². The maximum absolute atomic E-state index is 10.2. The molecule has 3 rings (SSSR count). The van der Waals surface area contributed by atoms with Gasteiger partial charge < -0.3 is 9.84 Å². The Bertz CT molecular complexity index is 597. The van der Waals surface area contributed by atoms with Crippen LogP contribution in [0.25, 0.3) is 10.8 Å². The van der Waals surface area contributed by atoms with Crippen LogP contribution >= 0.6 is 0 Å². The maximum Gasteiger partial charge on any atom is 0.120 e. The van der Waals surface area contributed by atoms with Gasteiger partial charge in [-0.25, -0.2) is 0 Å². The van der Waals surface area contributed by atoms with E-state index in [9.17, 15) is 5.11 Å². The highest BCUT2D eigenvalue weighted by molar-refractivity contribution is 5.87. The lowest BCUT2D eigenvalue weighted by Crippen LogP contribution is -2.44. The molecule has 1 aliphatic heterocycles. The zero-order valence-corrected chi connectivity index (χ0v) is 11.9. The van der Waals surface area contributed by atoms with E-state index in [0.717, 1.165) is 43.7 Å². The largest absolute Gasteiger partial charge is 0.508 e. The third kappa shape index (κ3) is 2.51. The first-order valence-corrected chi connectivity index (χ1v) is 7.31. The summed E-state index contributed by atoms with van der Waals surface area (Å²) in [5.74, 6) is 0.394. The second kappa shape index (κ2) is 5.81. The van der Waals surface area contributed by atoms with Crippen molar-refractivity contribution in [2.75, 3.05) is 19.8 Å². The van der Waals surface area contributed by atoms with Crippen LogP contribution in [0, 0.1) is 0 Å². The van der Waals surface area contributed by atoms with Crippen molar-refractivity contribution in [3.63, 3.8) is 0 Å². The maximum atomic E-state index is 10.2. The summed E-state index contributed by atoms with van der Waals surface area (Å²) in [6.07, 6.45) is 1.07. The lowest BCUT2D eigenvalue weighted by molar-refractivity contribution is -0.0128. The number of benzene rings is 2. The van der Waals surface area contributed by atoms with Gasteiger partial charge in [0.05, 0.1) is 13.2 Å². The number of ether oxygens (including phenoxy) is 1. The molecule has 0 aromatic heterocycles. The Labute approximate surface area is 119 Å². The molecule has 2 aromatic rings. The van der Waals surface area contributed by atoms with E-state index in [-0.39, 0.29) is 0 Å². The standard InChI is InChI=1S/C17H21NO2/c1-2-14-12-20-10-9-18(14)11-16-15-6-4-3-5-13(15)7-8-17(16)19/h3-8,14,19H,2,9-12H2,1H3. The Morgan fingerprint density at radius 2 is 2.10 bits per heavy atom. The van der Waals surface area contributed by atoms with E-state index in [2.05, 4.69) is 24.0 Å². The van der Waals surface area contributed by atoms with Crippen molar-refractivity contribution in [2.24, 2.45) is 0 Å². The highest BCUT2D eigenvalue weighted by atomic mass is 16.5. The molecule has 106 valence electrons. The third-order valence-corrected chi connectivity index (χ3v) is 4.20. The van der Waals surface area contributed by atoms with Crippen molar-refractivity contribution in [1.82, 2.24) is 4.90 Å². The fourth-order valence-corrected chi connectivity index (χ4v) is 2.97. The van der Waals surface area contributed by atoms with Crippen molar-refractivity contribution >= 4 is 10.8 Å². The molecule has 1 unspecified atom stereocenters. The fourth-order valence-electron chi connectivity index (χ4n) is 2.97. The number of aromatic hydroxyl groups is 1. The van der Waals surface area contributed by atoms with E-state index in [1.54, 1.807) is 6.07 Å². The van der Waals surface area contributed by atoms with Gasteiger partial charge in [0.1, 0.15) is 5.75 Å². The summed E-state index contributed by atoms with van der Waals surface area (Å²) in [5, 5.41) is 12.6. The molecule has 0 radical (unpaired) electrons. The second-order valence-corrected chi connectivity index (χ2v) is 5.39. The fraction of sp³-hybridized carbons (Fsp3) is 0.412. The molecule has 1 aliphatic rings. The molecular weight excluding hydrogens is 250 g/mol. The van der Waals surface area contributed by atoms with Gasteiger partial charge in [-0.2, -0.15) is 0 Å². The van der Waals surface area contributed by atoms with E-state index in [4.69, 9.17) is 4.74 Å². The van der Waals surface area contributed by atoms with Gasteiger partial charge in [-0.15, -0.1) is 0 Å². The number of hydrogen-bond acceptors (Lipinski definition) is 3. The monoisotopic (exact) mass is 271 g/mol. The molecule has 1 heterocycles. The first-order chi connectivity index (χ1) is 9.79. The molecule has 0 aliphatic carbocycles. The van der Waals surface area contributed by atoms with Crippen molar-refractivity contribution in [3.8, 4) is 5.75 Å². The minimum atomic E-state index is 0.394. The van der Waals surface area contributed by atoms with Crippen LogP contribution in [0.1, 0.15) is 18.9 Å². The molecule has 1 saturated heterocycles. The van der Waals surface area contributed by atoms with Gasteiger partial charge in [-0.1, -0.05) is 37.3 Å². The number of nitrogens with zero attached hydrogens (tertiary/aromatic N) is 1. The predicted octanol–water partition coefficient (Wildman–Crippen LogP) is 3.16. The normalized spacial score (nSPS) is 20.4. The summed E-state index contributed by atoms with van der Waals surface area (Å²) >= 11 is 0. The first-order valence-electron chi connectivity index (χ1n) is 7.31. The van der Waals surface area contributed by atoms with E-state index in [1.807, 2.05) is 18.2 Å². The van der Waals surface area contributed by atoms with Crippen LogP contribution in [0.4, 0.5) is 0 Å². The van der Waals surface area contributed by atoms with E-state index in [0.29, 0.717) is 11.8 Å². The van der Waals surface area contributed by atoms with Crippen molar-refractivity contribution < 1.29 is 9.84 Å². The van der Waals surface area contributed by atoms with Crippen LogP contribution < -0.4 is 0 Å². The molecule has 0 amide bonds. The number of morpholine rings is 1. The average Bonchev–Trinajstić information content (AvgIpc) is 2.50. The van der Waals surface area contributed by atoms with Crippen LogP contribution in [0.15, 0.2) is 36.4 Å². The van der Waals surface area contributed by atoms with Crippen LogP contribution in [0.2, 0.25) is 0 Å². The average molecular weight is 271 g/mol. The van der Waals surface area contributed by atoms with Gasteiger partial charge in [0.15, 0.2) is 0 Å². The third-order valence-electron chi connectivity index (χ3n) is 4.20. The number of rotatable bonds is 3. The SMILES string of the molecule is CCC1COCCN1Cc1c(O)ccc2ccccc12. The topological polar surface area (TPSA) is 32.7 Å². The summed E-state index contributed by atoms with van der Waals surface area (Å²) in [7, 11) is 0. The lowest BCUT2D eigenvalue weighted by atomic mass is 10.0. The molecule has 3 heteroatoms. The van der Waals surface area contributed by atoms with Gasteiger partial charge in [-0.3, -0.25) is 4.90 Å². The van der Waals surface area contributed by atoms with E-state index < -0.39 is 0 Å². The van der Waals surface area contributed by atoms with Crippen LogP contribution in [0.5, 0.6) is 5.75 Å². The van der Waals surface area contributed by atoms with Gasteiger partial charge in [0, 0.05) is 24.7 Å². The van der Waals surface area contributed by atoms with Crippen molar-refractivity contribution in [1.29, 1.82) is 0 Å². The molecule has 0 spiro atoms. The Morgan fingerprint density at radius 1 is 1.25 bits per heavy atom. The molecule has 20 heavy (non-hydrogen) atoms. The molecule has 1 fully saturated rings. The Morgan fingerprint density at radius 3 is 2.95 bits per heavy atom. The Hall–Kier alpha value is -1.58. The molecule has 3 nitrogen and oxygen atoms in total. The van der Waals surface area contributed by atoms with E-state index in [1.165, 1.54) is 5.39 Å². The molecule has 2 aromatic carbocycles. The second-order valence-electron chi connectivity index (χ2n) is 5.39. The quantitative estimate of drug-likeness (QED) is 0.930. The summed E-state index contributed by atoms with van der Waals surface area (Å²) in [5.41, 5.74) is 1.03. The lowest BCUT2D eigenvalue weighted by Gasteiger charge is -2.35. The molecule has 1 atom stereocenters. The first kappa shape index (κ1) is 13.4. The Kier molecular flexibility index (Phi) is 3.90. The summed E-state index contributed by atoms with van der Waals surface area (Å²) in [6, 6.07) is 12.5. The minimum Gasteiger partial charge on any atom is -0.508 e. The van der Waals surface area contributed by atoms with Gasteiger partial charge >= 0.3 is 0 Å². The smallest absolute Gasteiger partial charge is 0.120 e. The zero-order chi connectivity index (χ0) is 13.9. The van der Waals surface area contributed by atoms with Crippen LogP contribution in [-0.2, 0) is 11.3 Å². The van der Waals surface area contributed by atoms with Crippen molar-refractivity contribution in [2.45, 2.75) is 25.9 Å². The zero-order valence-electron chi connectivity index (χ0n) is 11.9. The number of phenolic OH excluding ortho intramolecular Hbond substituents is 1. The molecule has 0 bridgehead atoms. The molecule has 0 saturated carbocycles. The number of fused-ring (bicyclic) bond motifs is 1. The number of phenols is 1. The highest BCUT2D eigenvalue weighted by Gasteiger charge is 2.22. The van der Waals surface area contributed by atoms with E-state index >= 15 is 0 Å². The molecule has 1 N–H and O–H groups in total. The number of hydrogen-bond donors (Lipinski definition) is 1. The summed E-state index contributed by atoms with van der Waals surface area (Å²) in [6.45, 7) is 5.48. The van der Waals surface area contributed by atoms with Crippen molar-refractivity contribution in [3.05, 3.63) is 42.0 Å². The summed E-state index contributed by atoms with van der Waals surface area (Å²) in [4.78, 5) is 2.42. The summed E-state index contributed by atoms with van der Waals surface area (Å²) < 4.78 is 5.55. The minimum absolute atomic E-state index is 0.394.